The summed E-state index contributed by atoms with van der Waals surface area (Å²) in [5, 5.41) is 7.57. The van der Waals surface area contributed by atoms with Crippen molar-refractivity contribution in [1.82, 2.24) is 4.98 Å². The first-order valence-corrected chi connectivity index (χ1v) is 8.36. The molecule has 0 aliphatic carbocycles. The number of hydrogen-bond donors (Lipinski definition) is 2. The van der Waals surface area contributed by atoms with E-state index in [4.69, 9.17) is 11.6 Å². The van der Waals surface area contributed by atoms with Crippen molar-refractivity contribution in [2.24, 2.45) is 0 Å². The number of carbonyl (C=O) groups is 2. The van der Waals surface area contributed by atoms with Gasteiger partial charge in [0.15, 0.2) is 5.13 Å². The Balaban J connectivity index is 1.65. The standard InChI is InChI=1S/C17H11ClFN3O2S/c18-11-3-1-10(2-4-11)15(23)22-17-21-14(9-25-17)16(24)20-13-7-5-12(19)6-8-13/h1-9H,(H,20,24)(H,21,22,23). The smallest absolute Gasteiger partial charge is 0.275 e. The molecule has 0 aliphatic heterocycles. The van der Waals surface area contributed by atoms with E-state index < -0.39 is 5.91 Å². The highest BCUT2D eigenvalue weighted by atomic mass is 35.5. The zero-order valence-corrected chi connectivity index (χ0v) is 14.2. The third-order valence-electron chi connectivity index (χ3n) is 3.17. The van der Waals surface area contributed by atoms with Crippen molar-refractivity contribution in [2.45, 2.75) is 0 Å². The monoisotopic (exact) mass is 375 g/mol. The number of halogens is 2. The van der Waals surface area contributed by atoms with Crippen molar-refractivity contribution in [1.29, 1.82) is 0 Å². The van der Waals surface area contributed by atoms with E-state index in [0.29, 0.717) is 21.4 Å². The number of thiazole rings is 1. The maximum atomic E-state index is 12.9. The molecule has 25 heavy (non-hydrogen) atoms. The predicted molar refractivity (Wildman–Crippen MR) is 95.9 cm³/mol. The Morgan fingerprint density at radius 2 is 1.64 bits per heavy atom. The van der Waals surface area contributed by atoms with Crippen LogP contribution in [0.5, 0.6) is 0 Å². The van der Waals surface area contributed by atoms with Crippen molar-refractivity contribution >= 4 is 45.6 Å². The molecule has 0 aliphatic rings. The fourth-order valence-corrected chi connectivity index (χ4v) is 2.75. The van der Waals surface area contributed by atoms with Crippen LogP contribution < -0.4 is 10.6 Å². The summed E-state index contributed by atoms with van der Waals surface area (Å²) in [5.41, 5.74) is 1.03. The van der Waals surface area contributed by atoms with E-state index in [1.807, 2.05) is 0 Å². The van der Waals surface area contributed by atoms with Gasteiger partial charge in [-0.2, -0.15) is 0 Å². The summed E-state index contributed by atoms with van der Waals surface area (Å²) in [6, 6.07) is 11.8. The molecular weight excluding hydrogens is 365 g/mol. The van der Waals surface area contributed by atoms with Gasteiger partial charge in [0.25, 0.3) is 11.8 Å². The first kappa shape index (κ1) is 17.1. The number of hydrogen-bond acceptors (Lipinski definition) is 4. The Morgan fingerprint density at radius 1 is 0.960 bits per heavy atom. The van der Waals surface area contributed by atoms with Gasteiger partial charge in [0.05, 0.1) is 0 Å². The van der Waals surface area contributed by atoms with E-state index in [1.54, 1.807) is 24.3 Å². The fourth-order valence-electron chi connectivity index (χ4n) is 1.93. The molecule has 0 unspecified atom stereocenters. The summed E-state index contributed by atoms with van der Waals surface area (Å²) in [5.74, 6) is -1.19. The molecule has 3 aromatic rings. The van der Waals surface area contributed by atoms with Gasteiger partial charge in [-0.15, -0.1) is 11.3 Å². The predicted octanol–water partition coefficient (Wildman–Crippen LogP) is 4.44. The molecule has 0 spiro atoms. The molecule has 0 saturated carbocycles. The molecule has 1 aromatic heterocycles. The van der Waals surface area contributed by atoms with Gasteiger partial charge >= 0.3 is 0 Å². The number of amides is 2. The molecule has 2 aromatic carbocycles. The lowest BCUT2D eigenvalue weighted by molar-refractivity contribution is 0.101. The third-order valence-corrected chi connectivity index (χ3v) is 4.18. The van der Waals surface area contributed by atoms with Crippen LogP contribution in [0.15, 0.2) is 53.9 Å². The highest BCUT2D eigenvalue weighted by Crippen LogP contribution is 2.18. The Bertz CT molecular complexity index is 910. The lowest BCUT2D eigenvalue weighted by atomic mass is 10.2. The lowest BCUT2D eigenvalue weighted by Gasteiger charge is -2.03. The van der Waals surface area contributed by atoms with Crippen LogP contribution in [0.25, 0.3) is 0 Å². The van der Waals surface area contributed by atoms with Crippen LogP contribution in [0, 0.1) is 5.82 Å². The van der Waals surface area contributed by atoms with Crippen molar-refractivity contribution in [3.05, 3.63) is 76.0 Å². The van der Waals surface area contributed by atoms with Crippen LogP contribution in [-0.2, 0) is 0 Å². The summed E-state index contributed by atoms with van der Waals surface area (Å²) in [6.07, 6.45) is 0. The van der Waals surface area contributed by atoms with Crippen LogP contribution >= 0.6 is 22.9 Å². The molecule has 2 amide bonds. The summed E-state index contributed by atoms with van der Waals surface area (Å²) in [6.45, 7) is 0. The summed E-state index contributed by atoms with van der Waals surface area (Å²) in [4.78, 5) is 28.3. The molecule has 0 atom stereocenters. The van der Waals surface area contributed by atoms with Gasteiger partial charge < -0.3 is 5.32 Å². The highest BCUT2D eigenvalue weighted by Gasteiger charge is 2.13. The second kappa shape index (κ2) is 7.42. The van der Waals surface area contributed by atoms with Crippen molar-refractivity contribution < 1.29 is 14.0 Å². The Labute approximate surface area is 151 Å². The van der Waals surface area contributed by atoms with Crippen molar-refractivity contribution in [3.8, 4) is 0 Å². The molecule has 8 heteroatoms. The van der Waals surface area contributed by atoms with Crippen molar-refractivity contribution in [2.75, 3.05) is 10.6 Å². The molecule has 2 N–H and O–H groups in total. The topological polar surface area (TPSA) is 71.1 Å². The molecule has 0 saturated heterocycles. The van der Waals surface area contributed by atoms with E-state index >= 15 is 0 Å². The average molecular weight is 376 g/mol. The van der Waals surface area contributed by atoms with Crippen LogP contribution in [-0.4, -0.2) is 16.8 Å². The molecular formula is C17H11ClFN3O2S. The maximum Gasteiger partial charge on any atom is 0.275 e. The van der Waals surface area contributed by atoms with Gasteiger partial charge in [-0.3, -0.25) is 14.9 Å². The number of carbonyl (C=O) groups excluding carboxylic acids is 2. The van der Waals surface area contributed by atoms with E-state index in [9.17, 15) is 14.0 Å². The fraction of sp³-hybridized carbons (Fsp3) is 0. The number of nitrogens with one attached hydrogen (secondary N) is 2. The second-order valence-corrected chi connectivity index (χ2v) is 6.25. The minimum absolute atomic E-state index is 0.153. The summed E-state index contributed by atoms with van der Waals surface area (Å²) >= 11 is 6.91. The first-order valence-electron chi connectivity index (χ1n) is 7.10. The van der Waals surface area contributed by atoms with Gasteiger partial charge in [-0.05, 0) is 48.5 Å². The third kappa shape index (κ3) is 4.40. The highest BCUT2D eigenvalue weighted by molar-refractivity contribution is 7.14. The Hall–Kier alpha value is -2.77. The first-order chi connectivity index (χ1) is 12.0. The molecule has 126 valence electrons. The Kier molecular flexibility index (Phi) is 5.06. The number of benzene rings is 2. The number of nitrogens with zero attached hydrogens (tertiary/aromatic N) is 1. The Morgan fingerprint density at radius 3 is 2.32 bits per heavy atom. The van der Waals surface area contributed by atoms with Crippen LogP contribution in [0.1, 0.15) is 20.8 Å². The average Bonchev–Trinajstić information content (AvgIpc) is 3.06. The van der Waals surface area contributed by atoms with Gasteiger partial charge in [-0.25, -0.2) is 9.37 Å². The summed E-state index contributed by atoms with van der Waals surface area (Å²) < 4.78 is 12.9. The lowest BCUT2D eigenvalue weighted by Crippen LogP contribution is -2.14. The van der Waals surface area contributed by atoms with Gasteiger partial charge in [0.2, 0.25) is 0 Å². The molecule has 0 bridgehead atoms. The van der Waals surface area contributed by atoms with E-state index in [2.05, 4.69) is 15.6 Å². The molecule has 5 nitrogen and oxygen atoms in total. The second-order valence-electron chi connectivity index (χ2n) is 4.96. The van der Waals surface area contributed by atoms with Crippen LogP contribution in [0.3, 0.4) is 0 Å². The summed E-state index contributed by atoms with van der Waals surface area (Å²) in [7, 11) is 0. The van der Waals surface area contributed by atoms with E-state index in [0.717, 1.165) is 11.3 Å². The SMILES string of the molecule is O=C(Nc1nc(C(=O)Nc2ccc(F)cc2)cs1)c1ccc(Cl)cc1. The molecule has 0 fully saturated rings. The number of anilines is 2. The zero-order valence-electron chi connectivity index (χ0n) is 12.6. The quantitative estimate of drug-likeness (QED) is 0.708. The molecule has 0 radical (unpaired) electrons. The number of rotatable bonds is 4. The van der Waals surface area contributed by atoms with Gasteiger partial charge in [-0.1, -0.05) is 11.6 Å². The number of aromatic nitrogens is 1. The normalized spacial score (nSPS) is 10.3. The molecule has 3 rings (SSSR count). The largest absolute Gasteiger partial charge is 0.321 e. The van der Waals surface area contributed by atoms with E-state index in [-0.39, 0.29) is 17.4 Å². The van der Waals surface area contributed by atoms with Crippen LogP contribution in [0.4, 0.5) is 15.2 Å². The van der Waals surface area contributed by atoms with Crippen molar-refractivity contribution in [3.63, 3.8) is 0 Å². The van der Waals surface area contributed by atoms with Gasteiger partial charge in [0, 0.05) is 21.7 Å². The van der Waals surface area contributed by atoms with Crippen LogP contribution in [0.2, 0.25) is 5.02 Å². The molecule has 1 heterocycles. The zero-order chi connectivity index (χ0) is 17.8. The van der Waals surface area contributed by atoms with Gasteiger partial charge in [0.1, 0.15) is 11.5 Å². The van der Waals surface area contributed by atoms with E-state index in [1.165, 1.54) is 29.6 Å². The maximum absolute atomic E-state index is 12.9. The minimum Gasteiger partial charge on any atom is -0.321 e. The minimum atomic E-state index is -0.449.